The average Bonchev–Trinajstić information content (AvgIpc) is 3.36. The van der Waals surface area contributed by atoms with Crippen molar-refractivity contribution >= 4 is 11.4 Å². The van der Waals surface area contributed by atoms with E-state index < -0.39 is 11.7 Å². The minimum absolute atomic E-state index is 0.125. The van der Waals surface area contributed by atoms with Gasteiger partial charge >= 0.3 is 6.18 Å². The molecule has 4 aromatic rings. The number of aryl methyl sites for hydroxylation is 1. The van der Waals surface area contributed by atoms with Gasteiger partial charge in [-0.15, -0.1) is 0 Å². The van der Waals surface area contributed by atoms with E-state index in [0.29, 0.717) is 22.7 Å². The fraction of sp³-hybridized carbons (Fsp3) is 0.333. The van der Waals surface area contributed by atoms with E-state index in [1.54, 1.807) is 24.4 Å². The Hall–Kier alpha value is -3.93. The number of imidazole rings is 1. The van der Waals surface area contributed by atoms with E-state index in [1.807, 2.05) is 41.8 Å². The Bertz CT molecular complexity index is 1620. The molecule has 5 nitrogen and oxygen atoms in total. The predicted octanol–water partition coefficient (Wildman–Crippen LogP) is 6.01. The highest BCUT2D eigenvalue weighted by atomic mass is 19.4. The molecule has 5 rings (SSSR count). The lowest BCUT2D eigenvalue weighted by atomic mass is 9.96. The lowest BCUT2D eigenvalue weighted by Gasteiger charge is -2.37. The Morgan fingerprint density at radius 3 is 2.51 bits per heavy atom. The molecule has 8 heteroatoms. The third-order valence-corrected chi connectivity index (χ3v) is 7.68. The number of benzene rings is 2. The van der Waals surface area contributed by atoms with Crippen LogP contribution in [0.5, 0.6) is 0 Å². The Balaban J connectivity index is 1.32. The number of nitrogens with zero attached hydrogens (tertiary/aromatic N) is 4. The van der Waals surface area contributed by atoms with Gasteiger partial charge in [-0.2, -0.15) is 13.2 Å². The highest BCUT2D eigenvalue weighted by Gasteiger charge is 2.34. The van der Waals surface area contributed by atoms with E-state index in [2.05, 4.69) is 40.5 Å². The fourth-order valence-electron chi connectivity index (χ4n) is 5.19. The Kier molecular flexibility index (Phi) is 8.30. The number of alkyl halides is 3. The number of carbonyl (C=O) groups excluding carboxylic acids is 1. The van der Waals surface area contributed by atoms with E-state index in [-0.39, 0.29) is 24.3 Å². The predicted molar refractivity (Wildman–Crippen MR) is 154 cm³/mol. The lowest BCUT2D eigenvalue weighted by molar-refractivity contribution is -0.138. The molecule has 41 heavy (non-hydrogen) atoms. The standard InChI is InChI=1S/C33H33F3N4O/c1-23(2)39-16-14-38(15-17-39)22-28-10-8-25(18-30(28)33(34,35)36)19-31(41)27-9-7-24(3)26(20-27)11-12-29-21-37-32-6-4-5-13-40(29)32/h4-10,13,18,20-21,23H,14-17,19,22H2,1-3H3. The number of hydrogen-bond acceptors (Lipinski definition) is 4. The van der Waals surface area contributed by atoms with Crippen molar-refractivity contribution in [1.29, 1.82) is 0 Å². The fourth-order valence-corrected chi connectivity index (χ4v) is 5.19. The molecular formula is C33H33F3N4O. The summed E-state index contributed by atoms with van der Waals surface area (Å²) in [5.74, 6) is 5.99. The summed E-state index contributed by atoms with van der Waals surface area (Å²) in [4.78, 5) is 21.9. The second-order valence-electron chi connectivity index (χ2n) is 10.8. The topological polar surface area (TPSA) is 40.9 Å². The molecular weight excluding hydrogens is 525 g/mol. The Morgan fingerprint density at radius 1 is 1.00 bits per heavy atom. The van der Waals surface area contributed by atoms with Crippen LogP contribution in [0.25, 0.3) is 5.65 Å². The molecule has 1 saturated heterocycles. The van der Waals surface area contributed by atoms with Gasteiger partial charge in [-0.1, -0.05) is 36.3 Å². The maximum atomic E-state index is 14.1. The van der Waals surface area contributed by atoms with Crippen molar-refractivity contribution in [3.63, 3.8) is 0 Å². The van der Waals surface area contributed by atoms with Crippen LogP contribution in [0.15, 0.2) is 67.0 Å². The Labute approximate surface area is 238 Å². The molecule has 0 unspecified atom stereocenters. The van der Waals surface area contributed by atoms with Crippen LogP contribution in [-0.4, -0.2) is 57.2 Å². The molecule has 1 fully saturated rings. The molecule has 0 spiro atoms. The van der Waals surface area contributed by atoms with E-state index in [9.17, 15) is 18.0 Å². The SMILES string of the molecule is Cc1ccc(C(=O)Cc2ccc(CN3CCN(C(C)C)CC3)c(C(F)(F)F)c2)cc1C#Cc1cnc2ccccn12. The number of halogens is 3. The summed E-state index contributed by atoms with van der Waals surface area (Å²) in [7, 11) is 0. The van der Waals surface area contributed by atoms with Crippen LogP contribution >= 0.6 is 0 Å². The first-order valence-electron chi connectivity index (χ1n) is 13.8. The highest BCUT2D eigenvalue weighted by Crippen LogP contribution is 2.34. The largest absolute Gasteiger partial charge is 0.416 e. The summed E-state index contributed by atoms with van der Waals surface area (Å²) in [6.07, 6.45) is -1.05. The zero-order valence-corrected chi connectivity index (χ0v) is 23.5. The summed E-state index contributed by atoms with van der Waals surface area (Å²) < 4.78 is 44.1. The van der Waals surface area contributed by atoms with E-state index in [0.717, 1.165) is 49.1 Å². The number of Topliss-reactive ketones (excluding diaryl/α,β-unsaturated/α-hetero) is 1. The third-order valence-electron chi connectivity index (χ3n) is 7.68. The van der Waals surface area contributed by atoms with Crippen LogP contribution in [0.3, 0.4) is 0 Å². The van der Waals surface area contributed by atoms with Gasteiger partial charge in [0.25, 0.3) is 0 Å². The molecule has 2 aromatic heterocycles. The van der Waals surface area contributed by atoms with E-state index in [4.69, 9.17) is 0 Å². The van der Waals surface area contributed by atoms with Crippen molar-refractivity contribution in [3.05, 3.63) is 106 Å². The number of aromatic nitrogens is 2. The minimum Gasteiger partial charge on any atom is -0.298 e. The van der Waals surface area contributed by atoms with Gasteiger partial charge in [0.05, 0.1) is 11.8 Å². The molecule has 0 bridgehead atoms. The van der Waals surface area contributed by atoms with Crippen LogP contribution in [-0.2, 0) is 19.1 Å². The summed E-state index contributed by atoms with van der Waals surface area (Å²) in [5, 5.41) is 0. The second kappa shape index (κ2) is 11.9. The summed E-state index contributed by atoms with van der Waals surface area (Å²) in [6, 6.07) is 15.7. The monoisotopic (exact) mass is 558 g/mol. The number of piperazine rings is 1. The quantitative estimate of drug-likeness (QED) is 0.215. The van der Waals surface area contributed by atoms with Gasteiger partial charge in [0, 0.05) is 62.5 Å². The maximum absolute atomic E-state index is 14.1. The minimum atomic E-state index is -4.50. The molecule has 2 aromatic carbocycles. The molecule has 0 aliphatic carbocycles. The van der Waals surface area contributed by atoms with Crippen molar-refractivity contribution < 1.29 is 18.0 Å². The van der Waals surface area contributed by atoms with Crippen LogP contribution in [0.2, 0.25) is 0 Å². The van der Waals surface area contributed by atoms with Gasteiger partial charge in [-0.25, -0.2) is 4.98 Å². The van der Waals surface area contributed by atoms with Gasteiger partial charge < -0.3 is 0 Å². The second-order valence-corrected chi connectivity index (χ2v) is 10.8. The van der Waals surface area contributed by atoms with Gasteiger partial charge in [0.2, 0.25) is 0 Å². The lowest BCUT2D eigenvalue weighted by Crippen LogP contribution is -2.48. The number of ketones is 1. The van der Waals surface area contributed by atoms with Crippen LogP contribution in [0, 0.1) is 18.8 Å². The number of carbonyl (C=O) groups is 1. The molecule has 0 amide bonds. The average molecular weight is 559 g/mol. The molecule has 1 aliphatic rings. The van der Waals surface area contributed by atoms with Crippen molar-refractivity contribution in [2.75, 3.05) is 26.2 Å². The van der Waals surface area contributed by atoms with Gasteiger partial charge in [0.15, 0.2) is 5.78 Å². The van der Waals surface area contributed by atoms with Crippen molar-refractivity contribution in [2.45, 2.75) is 46.0 Å². The highest BCUT2D eigenvalue weighted by molar-refractivity contribution is 5.98. The number of hydrogen-bond donors (Lipinski definition) is 0. The Morgan fingerprint density at radius 2 is 1.78 bits per heavy atom. The molecule has 0 saturated carbocycles. The van der Waals surface area contributed by atoms with Crippen LogP contribution in [0.4, 0.5) is 13.2 Å². The zero-order chi connectivity index (χ0) is 29.1. The molecule has 212 valence electrons. The van der Waals surface area contributed by atoms with Crippen LogP contribution in [0.1, 0.15) is 57.7 Å². The molecule has 0 atom stereocenters. The van der Waals surface area contributed by atoms with E-state index in [1.165, 1.54) is 6.07 Å². The van der Waals surface area contributed by atoms with Crippen LogP contribution < -0.4 is 0 Å². The van der Waals surface area contributed by atoms with Gasteiger partial charge in [0.1, 0.15) is 11.3 Å². The number of fused-ring (bicyclic) bond motifs is 1. The molecule has 0 N–H and O–H groups in total. The third kappa shape index (κ3) is 6.70. The van der Waals surface area contributed by atoms with Gasteiger partial charge in [-0.05, 0) is 67.6 Å². The molecule has 0 radical (unpaired) electrons. The van der Waals surface area contributed by atoms with Crippen molar-refractivity contribution in [1.82, 2.24) is 19.2 Å². The summed E-state index contributed by atoms with van der Waals surface area (Å²) in [5.41, 5.74) is 3.43. The number of rotatable bonds is 6. The van der Waals surface area contributed by atoms with E-state index >= 15 is 0 Å². The smallest absolute Gasteiger partial charge is 0.298 e. The van der Waals surface area contributed by atoms with Crippen molar-refractivity contribution in [3.8, 4) is 11.8 Å². The maximum Gasteiger partial charge on any atom is 0.416 e. The molecule has 3 heterocycles. The number of pyridine rings is 1. The van der Waals surface area contributed by atoms with Gasteiger partial charge in [-0.3, -0.25) is 19.0 Å². The van der Waals surface area contributed by atoms with Crippen molar-refractivity contribution in [2.24, 2.45) is 0 Å². The zero-order valence-electron chi connectivity index (χ0n) is 23.5. The summed E-state index contributed by atoms with van der Waals surface area (Å²) >= 11 is 0. The normalized spacial score (nSPS) is 14.8. The first-order chi connectivity index (χ1) is 19.6. The summed E-state index contributed by atoms with van der Waals surface area (Å²) in [6.45, 7) is 9.54. The first-order valence-corrected chi connectivity index (χ1v) is 13.8. The first kappa shape index (κ1) is 28.6. The molecule has 1 aliphatic heterocycles.